The molecule has 2 rings (SSSR count). The third kappa shape index (κ3) is 3.66. The van der Waals surface area contributed by atoms with Crippen LogP contribution in [0, 0.1) is 11.3 Å². The maximum absolute atomic E-state index is 9.10. The molecule has 102 valence electrons. The summed E-state index contributed by atoms with van der Waals surface area (Å²) in [5, 5.41) is 9.10. The normalized spacial score (nSPS) is 13.1. The Hall–Kier alpha value is -1.64. The monoisotopic (exact) mass is 262 g/mol. The van der Waals surface area contributed by atoms with E-state index in [-0.39, 0.29) is 0 Å². The molecule has 0 fully saturated rings. The molecular weight excluding hydrogens is 244 g/mol. The summed E-state index contributed by atoms with van der Waals surface area (Å²) in [6.07, 6.45) is 3.09. The largest absolute Gasteiger partial charge is 0.474 e. The number of nitrogens with zero attached hydrogens (tertiary/aromatic N) is 2. The SMILES string of the molecule is COCCOCCOc1nc2c(cc1C#N)CCC2. The van der Waals surface area contributed by atoms with Crippen molar-refractivity contribution in [3.05, 3.63) is 22.9 Å². The van der Waals surface area contributed by atoms with Gasteiger partial charge >= 0.3 is 0 Å². The minimum absolute atomic E-state index is 0.393. The lowest BCUT2D eigenvalue weighted by Crippen LogP contribution is -2.11. The van der Waals surface area contributed by atoms with Gasteiger partial charge in [-0.3, -0.25) is 0 Å². The van der Waals surface area contributed by atoms with Crippen molar-refractivity contribution in [2.75, 3.05) is 33.5 Å². The summed E-state index contributed by atoms with van der Waals surface area (Å²) in [7, 11) is 1.63. The summed E-state index contributed by atoms with van der Waals surface area (Å²) in [4.78, 5) is 4.43. The first kappa shape index (κ1) is 13.8. The second kappa shape index (κ2) is 7.07. The van der Waals surface area contributed by atoms with Crippen molar-refractivity contribution in [2.45, 2.75) is 19.3 Å². The second-order valence-corrected chi connectivity index (χ2v) is 4.37. The van der Waals surface area contributed by atoms with Crippen LogP contribution in [0.25, 0.3) is 0 Å². The van der Waals surface area contributed by atoms with Gasteiger partial charge in [0.15, 0.2) is 0 Å². The molecular formula is C14H18N2O3. The zero-order chi connectivity index (χ0) is 13.5. The Morgan fingerprint density at radius 1 is 1.26 bits per heavy atom. The molecule has 0 N–H and O–H groups in total. The molecule has 0 aliphatic heterocycles. The van der Waals surface area contributed by atoms with E-state index in [0.29, 0.717) is 37.9 Å². The number of methoxy groups -OCH3 is 1. The lowest BCUT2D eigenvalue weighted by Gasteiger charge is -2.09. The summed E-state index contributed by atoms with van der Waals surface area (Å²) in [6.45, 7) is 1.97. The Kier molecular flexibility index (Phi) is 5.13. The van der Waals surface area contributed by atoms with Crippen LogP contribution in [0.5, 0.6) is 5.88 Å². The minimum Gasteiger partial charge on any atom is -0.474 e. The van der Waals surface area contributed by atoms with Gasteiger partial charge in [-0.05, 0) is 30.9 Å². The molecule has 1 aliphatic rings. The number of aromatic nitrogens is 1. The maximum atomic E-state index is 9.10. The van der Waals surface area contributed by atoms with E-state index >= 15 is 0 Å². The molecule has 19 heavy (non-hydrogen) atoms. The van der Waals surface area contributed by atoms with E-state index in [1.807, 2.05) is 6.07 Å². The van der Waals surface area contributed by atoms with Crippen molar-refractivity contribution < 1.29 is 14.2 Å². The molecule has 0 saturated heterocycles. The van der Waals surface area contributed by atoms with Crippen LogP contribution < -0.4 is 4.74 Å². The molecule has 1 aromatic heterocycles. The van der Waals surface area contributed by atoms with Crippen molar-refractivity contribution in [3.8, 4) is 11.9 Å². The number of pyridine rings is 1. The van der Waals surface area contributed by atoms with E-state index in [4.69, 9.17) is 19.5 Å². The van der Waals surface area contributed by atoms with Gasteiger partial charge in [-0.15, -0.1) is 0 Å². The zero-order valence-corrected chi connectivity index (χ0v) is 11.1. The fourth-order valence-electron chi connectivity index (χ4n) is 2.08. The first-order chi connectivity index (χ1) is 9.35. The first-order valence-corrected chi connectivity index (χ1v) is 6.47. The topological polar surface area (TPSA) is 64.4 Å². The molecule has 0 bridgehead atoms. The van der Waals surface area contributed by atoms with Gasteiger partial charge in [0.25, 0.3) is 0 Å². The lowest BCUT2D eigenvalue weighted by atomic mass is 10.1. The quantitative estimate of drug-likeness (QED) is 0.696. The van der Waals surface area contributed by atoms with E-state index in [2.05, 4.69) is 11.1 Å². The average molecular weight is 262 g/mol. The maximum Gasteiger partial charge on any atom is 0.232 e. The van der Waals surface area contributed by atoms with Crippen molar-refractivity contribution in [1.82, 2.24) is 4.98 Å². The van der Waals surface area contributed by atoms with Gasteiger partial charge in [-0.2, -0.15) is 5.26 Å². The zero-order valence-electron chi connectivity index (χ0n) is 11.1. The Bertz CT molecular complexity index is 468. The lowest BCUT2D eigenvalue weighted by molar-refractivity contribution is 0.0536. The Balaban J connectivity index is 1.88. The Labute approximate surface area is 113 Å². The van der Waals surface area contributed by atoms with Crippen molar-refractivity contribution in [2.24, 2.45) is 0 Å². The van der Waals surface area contributed by atoms with Crippen LogP contribution in [0.15, 0.2) is 6.07 Å². The second-order valence-electron chi connectivity index (χ2n) is 4.37. The molecule has 0 unspecified atom stereocenters. The van der Waals surface area contributed by atoms with Crippen LogP contribution in [0.2, 0.25) is 0 Å². The predicted octanol–water partition coefficient (Wildman–Crippen LogP) is 1.48. The molecule has 0 aromatic carbocycles. The number of fused-ring (bicyclic) bond motifs is 1. The van der Waals surface area contributed by atoms with Gasteiger partial charge in [-0.1, -0.05) is 0 Å². The minimum atomic E-state index is 0.393. The molecule has 0 saturated carbocycles. The summed E-state index contributed by atoms with van der Waals surface area (Å²) in [6, 6.07) is 4.04. The van der Waals surface area contributed by atoms with Gasteiger partial charge in [0, 0.05) is 12.8 Å². The molecule has 5 nitrogen and oxygen atoms in total. The number of nitriles is 1. The Morgan fingerprint density at radius 2 is 2.11 bits per heavy atom. The van der Waals surface area contributed by atoms with Gasteiger partial charge in [0.05, 0.1) is 19.8 Å². The smallest absolute Gasteiger partial charge is 0.232 e. The molecule has 0 amide bonds. The standard InChI is InChI=1S/C14H18N2O3/c1-17-5-6-18-7-8-19-14-12(10-15)9-11-3-2-4-13(11)16-14/h9H,2-8H2,1H3. The summed E-state index contributed by atoms with van der Waals surface area (Å²) >= 11 is 0. The van der Waals surface area contributed by atoms with Crippen molar-refractivity contribution in [1.29, 1.82) is 5.26 Å². The number of aryl methyl sites for hydroxylation is 2. The summed E-state index contributed by atoms with van der Waals surface area (Å²) in [5.41, 5.74) is 2.76. The van der Waals surface area contributed by atoms with Gasteiger partial charge in [0.2, 0.25) is 5.88 Å². The fraction of sp³-hybridized carbons (Fsp3) is 0.571. The summed E-state index contributed by atoms with van der Waals surface area (Å²) in [5.74, 6) is 0.429. The highest BCUT2D eigenvalue weighted by Gasteiger charge is 2.17. The predicted molar refractivity (Wildman–Crippen MR) is 69.2 cm³/mol. The highest BCUT2D eigenvalue weighted by atomic mass is 16.5. The van der Waals surface area contributed by atoms with E-state index in [9.17, 15) is 0 Å². The van der Waals surface area contributed by atoms with Crippen LogP contribution >= 0.6 is 0 Å². The molecule has 5 heteroatoms. The van der Waals surface area contributed by atoms with E-state index in [0.717, 1.165) is 25.0 Å². The van der Waals surface area contributed by atoms with Gasteiger partial charge in [-0.25, -0.2) is 4.98 Å². The number of ether oxygens (including phenoxy) is 3. The van der Waals surface area contributed by atoms with Gasteiger partial charge in [0.1, 0.15) is 18.2 Å². The summed E-state index contributed by atoms with van der Waals surface area (Å²) < 4.78 is 15.7. The van der Waals surface area contributed by atoms with Crippen LogP contribution in [0.4, 0.5) is 0 Å². The number of rotatable bonds is 7. The average Bonchev–Trinajstić information content (AvgIpc) is 2.88. The molecule has 0 spiro atoms. The highest BCUT2D eigenvalue weighted by molar-refractivity contribution is 5.44. The van der Waals surface area contributed by atoms with Crippen LogP contribution in [-0.4, -0.2) is 38.5 Å². The van der Waals surface area contributed by atoms with Crippen molar-refractivity contribution in [3.63, 3.8) is 0 Å². The van der Waals surface area contributed by atoms with Crippen LogP contribution in [-0.2, 0) is 22.3 Å². The van der Waals surface area contributed by atoms with Crippen LogP contribution in [0.3, 0.4) is 0 Å². The third-order valence-electron chi connectivity index (χ3n) is 3.03. The first-order valence-electron chi connectivity index (χ1n) is 6.47. The fourth-order valence-corrected chi connectivity index (χ4v) is 2.08. The highest BCUT2D eigenvalue weighted by Crippen LogP contribution is 2.26. The molecule has 1 aromatic rings. The van der Waals surface area contributed by atoms with E-state index in [1.165, 1.54) is 5.56 Å². The Morgan fingerprint density at radius 3 is 2.89 bits per heavy atom. The van der Waals surface area contributed by atoms with Crippen molar-refractivity contribution >= 4 is 0 Å². The van der Waals surface area contributed by atoms with E-state index < -0.39 is 0 Å². The third-order valence-corrected chi connectivity index (χ3v) is 3.03. The van der Waals surface area contributed by atoms with Gasteiger partial charge < -0.3 is 14.2 Å². The molecule has 1 aliphatic carbocycles. The van der Waals surface area contributed by atoms with Crippen LogP contribution in [0.1, 0.15) is 23.2 Å². The number of hydrogen-bond acceptors (Lipinski definition) is 5. The molecule has 1 heterocycles. The molecule has 0 radical (unpaired) electrons. The van der Waals surface area contributed by atoms with E-state index in [1.54, 1.807) is 7.11 Å². The molecule has 0 atom stereocenters. The number of hydrogen-bond donors (Lipinski definition) is 0.